The first kappa shape index (κ1) is 23.8. The smallest absolute Gasteiger partial charge is 0.262 e. The second-order valence-electron chi connectivity index (χ2n) is 10.6. The van der Waals surface area contributed by atoms with Crippen LogP contribution in [0.3, 0.4) is 0 Å². The van der Waals surface area contributed by atoms with Gasteiger partial charge in [0.1, 0.15) is 5.75 Å². The SMILES string of the molecule is CC(C)(C)c1ccc(OCC(=O)Nc2ccccc2C(=O)N2CCCC2)c(C(C)(C)C)c1. The van der Waals surface area contributed by atoms with Gasteiger partial charge in [0.15, 0.2) is 6.61 Å². The molecule has 0 saturated carbocycles. The molecule has 3 rings (SSSR count). The molecule has 1 N–H and O–H groups in total. The van der Waals surface area contributed by atoms with Crippen molar-refractivity contribution in [1.29, 1.82) is 0 Å². The number of hydrogen-bond acceptors (Lipinski definition) is 3. The monoisotopic (exact) mass is 436 g/mol. The van der Waals surface area contributed by atoms with Crippen molar-refractivity contribution in [3.63, 3.8) is 0 Å². The summed E-state index contributed by atoms with van der Waals surface area (Å²) in [7, 11) is 0. The molecule has 2 amide bonds. The number of likely N-dealkylation sites (tertiary alicyclic amines) is 1. The Morgan fingerprint density at radius 2 is 1.59 bits per heavy atom. The van der Waals surface area contributed by atoms with Gasteiger partial charge in [-0.3, -0.25) is 9.59 Å². The maximum absolute atomic E-state index is 12.8. The van der Waals surface area contributed by atoms with Crippen molar-refractivity contribution in [2.45, 2.75) is 65.2 Å². The summed E-state index contributed by atoms with van der Waals surface area (Å²) in [6.45, 7) is 14.4. The van der Waals surface area contributed by atoms with Gasteiger partial charge in [-0.2, -0.15) is 0 Å². The van der Waals surface area contributed by atoms with E-state index in [1.54, 1.807) is 12.1 Å². The predicted octanol–water partition coefficient (Wildman–Crippen LogP) is 5.54. The number of hydrogen-bond donors (Lipinski definition) is 1. The fraction of sp³-hybridized carbons (Fsp3) is 0.481. The summed E-state index contributed by atoms with van der Waals surface area (Å²) < 4.78 is 5.96. The van der Waals surface area contributed by atoms with Crippen LogP contribution in [0.2, 0.25) is 0 Å². The topological polar surface area (TPSA) is 58.6 Å². The van der Waals surface area contributed by atoms with E-state index >= 15 is 0 Å². The summed E-state index contributed by atoms with van der Waals surface area (Å²) in [5.74, 6) is 0.389. The predicted molar refractivity (Wildman–Crippen MR) is 130 cm³/mol. The third kappa shape index (κ3) is 5.70. The highest BCUT2D eigenvalue weighted by atomic mass is 16.5. The van der Waals surface area contributed by atoms with Crippen LogP contribution in [0.4, 0.5) is 5.69 Å². The van der Waals surface area contributed by atoms with E-state index in [0.717, 1.165) is 31.5 Å². The number of nitrogens with one attached hydrogen (secondary N) is 1. The molecule has 1 heterocycles. The van der Waals surface area contributed by atoms with Crippen LogP contribution in [0.5, 0.6) is 5.75 Å². The maximum atomic E-state index is 12.8. The van der Waals surface area contributed by atoms with Crippen LogP contribution >= 0.6 is 0 Å². The molecule has 0 radical (unpaired) electrons. The summed E-state index contributed by atoms with van der Waals surface area (Å²) in [5.41, 5.74) is 3.25. The van der Waals surface area contributed by atoms with E-state index in [0.29, 0.717) is 17.0 Å². The Labute approximate surface area is 192 Å². The fourth-order valence-corrected chi connectivity index (χ4v) is 3.91. The number of ether oxygens (including phenoxy) is 1. The van der Waals surface area contributed by atoms with Crippen molar-refractivity contribution in [2.24, 2.45) is 0 Å². The molecular weight excluding hydrogens is 400 g/mol. The number of rotatable bonds is 5. The van der Waals surface area contributed by atoms with Crippen LogP contribution in [-0.4, -0.2) is 36.4 Å². The first-order valence-corrected chi connectivity index (χ1v) is 11.4. The summed E-state index contributed by atoms with van der Waals surface area (Å²) in [6, 6.07) is 13.4. The van der Waals surface area contributed by atoms with Crippen molar-refractivity contribution in [2.75, 3.05) is 25.0 Å². The van der Waals surface area contributed by atoms with E-state index in [1.807, 2.05) is 23.1 Å². The van der Waals surface area contributed by atoms with Crippen molar-refractivity contribution < 1.29 is 14.3 Å². The third-order valence-electron chi connectivity index (χ3n) is 5.84. The van der Waals surface area contributed by atoms with Gasteiger partial charge in [-0.15, -0.1) is 0 Å². The van der Waals surface area contributed by atoms with Crippen molar-refractivity contribution in [3.8, 4) is 5.75 Å². The standard InChI is InChI=1S/C27H36N2O3/c1-26(2,3)19-13-14-23(21(17-19)27(4,5)6)32-18-24(30)28-22-12-8-7-11-20(22)25(31)29-15-9-10-16-29/h7-8,11-14,17H,9-10,15-16,18H2,1-6H3,(H,28,30). The molecule has 1 fully saturated rings. The van der Waals surface area contributed by atoms with Gasteiger partial charge in [-0.25, -0.2) is 0 Å². The Hall–Kier alpha value is -2.82. The van der Waals surface area contributed by atoms with E-state index in [2.05, 4.69) is 59.0 Å². The van der Waals surface area contributed by atoms with Crippen molar-refractivity contribution in [3.05, 3.63) is 59.2 Å². The molecule has 1 aliphatic rings. The number of nitrogens with zero attached hydrogens (tertiary/aromatic N) is 1. The zero-order chi connectivity index (χ0) is 23.5. The highest BCUT2D eigenvalue weighted by Gasteiger charge is 2.24. The summed E-state index contributed by atoms with van der Waals surface area (Å²) in [6.07, 6.45) is 2.05. The van der Waals surface area contributed by atoms with Crippen LogP contribution in [0.15, 0.2) is 42.5 Å². The summed E-state index contributed by atoms with van der Waals surface area (Å²) in [4.78, 5) is 27.4. The van der Waals surface area contributed by atoms with Crippen LogP contribution in [0.25, 0.3) is 0 Å². The Morgan fingerprint density at radius 3 is 2.22 bits per heavy atom. The van der Waals surface area contributed by atoms with Gasteiger partial charge in [0, 0.05) is 13.1 Å². The zero-order valence-electron chi connectivity index (χ0n) is 20.2. The van der Waals surface area contributed by atoms with Gasteiger partial charge in [0.2, 0.25) is 0 Å². The second kappa shape index (κ2) is 9.35. The quantitative estimate of drug-likeness (QED) is 0.670. The first-order chi connectivity index (χ1) is 15.0. The lowest BCUT2D eigenvalue weighted by Crippen LogP contribution is -2.29. The molecule has 5 nitrogen and oxygen atoms in total. The zero-order valence-corrected chi connectivity index (χ0v) is 20.2. The Bertz CT molecular complexity index is 977. The highest BCUT2D eigenvalue weighted by molar-refractivity contribution is 6.04. The van der Waals surface area contributed by atoms with Gasteiger partial charge < -0.3 is 15.0 Å². The lowest BCUT2D eigenvalue weighted by atomic mass is 9.80. The van der Waals surface area contributed by atoms with Crippen LogP contribution in [-0.2, 0) is 15.6 Å². The molecule has 172 valence electrons. The van der Waals surface area contributed by atoms with E-state index in [9.17, 15) is 9.59 Å². The van der Waals surface area contributed by atoms with E-state index in [-0.39, 0.29) is 29.3 Å². The van der Waals surface area contributed by atoms with Crippen LogP contribution in [0, 0.1) is 0 Å². The molecule has 5 heteroatoms. The minimum atomic E-state index is -0.286. The molecule has 2 aromatic carbocycles. The Morgan fingerprint density at radius 1 is 0.938 bits per heavy atom. The average molecular weight is 437 g/mol. The van der Waals surface area contributed by atoms with E-state index in [4.69, 9.17) is 4.74 Å². The molecule has 32 heavy (non-hydrogen) atoms. The van der Waals surface area contributed by atoms with Crippen LogP contribution in [0.1, 0.15) is 75.9 Å². The number of para-hydroxylation sites is 1. The first-order valence-electron chi connectivity index (χ1n) is 11.4. The van der Waals surface area contributed by atoms with Gasteiger partial charge in [-0.05, 0) is 53.0 Å². The van der Waals surface area contributed by atoms with E-state index < -0.39 is 0 Å². The van der Waals surface area contributed by atoms with Gasteiger partial charge >= 0.3 is 0 Å². The van der Waals surface area contributed by atoms with Gasteiger partial charge in [0.25, 0.3) is 11.8 Å². The maximum Gasteiger partial charge on any atom is 0.262 e. The average Bonchev–Trinajstić information content (AvgIpc) is 3.25. The lowest BCUT2D eigenvalue weighted by Gasteiger charge is -2.27. The number of carbonyl (C=O) groups is 2. The minimum Gasteiger partial charge on any atom is -0.483 e. The summed E-state index contributed by atoms with van der Waals surface area (Å²) >= 11 is 0. The van der Waals surface area contributed by atoms with Gasteiger partial charge in [-0.1, -0.05) is 65.8 Å². The van der Waals surface area contributed by atoms with Crippen molar-refractivity contribution >= 4 is 17.5 Å². The second-order valence-corrected chi connectivity index (χ2v) is 10.6. The molecule has 1 saturated heterocycles. The molecule has 2 aromatic rings. The molecule has 1 aliphatic heterocycles. The minimum absolute atomic E-state index is 0.0293. The largest absolute Gasteiger partial charge is 0.483 e. The molecule has 0 atom stereocenters. The number of amides is 2. The molecule has 0 aliphatic carbocycles. The third-order valence-corrected chi connectivity index (χ3v) is 5.84. The normalized spacial score (nSPS) is 14.4. The van der Waals surface area contributed by atoms with Crippen molar-refractivity contribution in [1.82, 2.24) is 4.90 Å². The van der Waals surface area contributed by atoms with E-state index in [1.165, 1.54) is 5.56 Å². The Balaban J connectivity index is 1.73. The Kier molecular flexibility index (Phi) is 6.97. The highest BCUT2D eigenvalue weighted by Crippen LogP contribution is 2.35. The molecule has 0 aromatic heterocycles. The molecule has 0 bridgehead atoms. The van der Waals surface area contributed by atoms with Gasteiger partial charge in [0.05, 0.1) is 11.3 Å². The molecule has 0 spiro atoms. The number of benzene rings is 2. The number of anilines is 1. The number of carbonyl (C=O) groups excluding carboxylic acids is 2. The summed E-state index contributed by atoms with van der Waals surface area (Å²) in [5, 5.41) is 2.87. The fourth-order valence-electron chi connectivity index (χ4n) is 3.91. The van der Waals surface area contributed by atoms with Crippen LogP contribution < -0.4 is 10.1 Å². The molecule has 0 unspecified atom stereocenters. The lowest BCUT2D eigenvalue weighted by molar-refractivity contribution is -0.118. The molecular formula is C27H36N2O3.